The van der Waals surface area contributed by atoms with Crippen LogP contribution in [0.3, 0.4) is 0 Å². The molecule has 0 aromatic rings. The molecule has 0 aromatic carbocycles. The Hall–Kier alpha value is 0.690. The zero-order valence-electron chi connectivity index (χ0n) is 6.10. The van der Waals surface area contributed by atoms with Gasteiger partial charge in [0.15, 0.2) is 0 Å². The van der Waals surface area contributed by atoms with Crippen LogP contribution in [0.4, 0.5) is 0 Å². The van der Waals surface area contributed by atoms with E-state index in [1.807, 2.05) is 0 Å². The third-order valence-electron chi connectivity index (χ3n) is 2.16. The van der Waals surface area contributed by atoms with Crippen molar-refractivity contribution < 1.29 is 0 Å². The monoisotopic (exact) mass is 239 g/mol. The molecule has 1 fully saturated rings. The highest BCUT2D eigenvalue weighted by molar-refractivity contribution is 14.1. The van der Waals surface area contributed by atoms with Gasteiger partial charge in [0.05, 0.1) is 4.55 Å². The lowest BCUT2D eigenvalue weighted by molar-refractivity contribution is 0.133. The van der Waals surface area contributed by atoms with Crippen LogP contribution in [0.5, 0.6) is 0 Å². The minimum atomic E-state index is 0.900. The SMILES string of the molecule is CC1CC(N(C)CI)C1. The molecule has 0 radical (unpaired) electrons. The molecule has 1 nitrogen and oxygen atoms in total. The second-order valence-electron chi connectivity index (χ2n) is 3.11. The maximum atomic E-state index is 2.43. The van der Waals surface area contributed by atoms with Crippen molar-refractivity contribution in [2.24, 2.45) is 5.92 Å². The first kappa shape index (κ1) is 7.79. The summed E-state index contributed by atoms with van der Waals surface area (Å²) in [5.41, 5.74) is 0. The van der Waals surface area contributed by atoms with Gasteiger partial charge < -0.3 is 0 Å². The first-order chi connectivity index (χ1) is 4.24. The van der Waals surface area contributed by atoms with Crippen LogP contribution in [0.2, 0.25) is 0 Å². The number of nitrogens with zero attached hydrogens (tertiary/aromatic N) is 1. The zero-order chi connectivity index (χ0) is 6.85. The van der Waals surface area contributed by atoms with E-state index in [0.29, 0.717) is 0 Å². The summed E-state index contributed by atoms with van der Waals surface area (Å²) in [6, 6.07) is 0.900. The molecule has 0 saturated heterocycles. The highest BCUT2D eigenvalue weighted by Gasteiger charge is 2.27. The van der Waals surface area contributed by atoms with Crippen LogP contribution in [0.15, 0.2) is 0 Å². The number of rotatable bonds is 2. The summed E-state index contributed by atoms with van der Waals surface area (Å²) in [6.45, 7) is 2.33. The molecule has 54 valence electrons. The lowest BCUT2D eigenvalue weighted by Gasteiger charge is -2.38. The molecule has 0 bridgehead atoms. The van der Waals surface area contributed by atoms with Crippen LogP contribution in [-0.4, -0.2) is 22.5 Å². The minimum Gasteiger partial charge on any atom is -0.294 e. The van der Waals surface area contributed by atoms with Crippen molar-refractivity contribution in [3.63, 3.8) is 0 Å². The lowest BCUT2D eigenvalue weighted by Crippen LogP contribution is -2.40. The van der Waals surface area contributed by atoms with Gasteiger partial charge in [0.25, 0.3) is 0 Å². The summed E-state index contributed by atoms with van der Waals surface area (Å²) in [6.07, 6.45) is 2.83. The number of alkyl halides is 1. The summed E-state index contributed by atoms with van der Waals surface area (Å²) in [5, 5.41) is 0. The molecule has 0 heterocycles. The van der Waals surface area contributed by atoms with Crippen molar-refractivity contribution in [1.82, 2.24) is 4.90 Å². The van der Waals surface area contributed by atoms with Gasteiger partial charge in [-0.25, -0.2) is 0 Å². The molecule has 0 aliphatic heterocycles. The topological polar surface area (TPSA) is 3.24 Å². The average Bonchev–Trinajstić information content (AvgIpc) is 1.79. The summed E-state index contributed by atoms with van der Waals surface area (Å²) in [5.74, 6) is 0.986. The van der Waals surface area contributed by atoms with Crippen molar-refractivity contribution in [3.05, 3.63) is 0 Å². The Morgan fingerprint density at radius 1 is 1.56 bits per heavy atom. The van der Waals surface area contributed by atoms with E-state index in [9.17, 15) is 0 Å². The second kappa shape index (κ2) is 3.19. The predicted molar refractivity (Wildman–Crippen MR) is 48.8 cm³/mol. The highest BCUT2D eigenvalue weighted by Crippen LogP contribution is 2.30. The van der Waals surface area contributed by atoms with Crippen molar-refractivity contribution >= 4 is 22.6 Å². The normalized spacial score (nSPS) is 34.7. The Labute approximate surface area is 70.9 Å². The Bertz CT molecular complexity index is 88.9. The van der Waals surface area contributed by atoms with E-state index in [2.05, 4.69) is 41.5 Å². The molecular weight excluding hydrogens is 225 g/mol. The molecule has 1 aliphatic rings. The van der Waals surface area contributed by atoms with Crippen molar-refractivity contribution in [2.75, 3.05) is 11.6 Å². The Kier molecular flexibility index (Phi) is 2.76. The molecule has 0 aromatic heterocycles. The van der Waals surface area contributed by atoms with Crippen LogP contribution in [-0.2, 0) is 0 Å². The number of hydrogen-bond donors (Lipinski definition) is 0. The molecule has 0 spiro atoms. The molecular formula is C7H14IN. The molecule has 1 rings (SSSR count). The van der Waals surface area contributed by atoms with E-state index in [0.717, 1.165) is 12.0 Å². The van der Waals surface area contributed by atoms with Gasteiger partial charge >= 0.3 is 0 Å². The Morgan fingerprint density at radius 3 is 2.44 bits per heavy atom. The summed E-state index contributed by atoms with van der Waals surface area (Å²) in [7, 11) is 2.21. The second-order valence-corrected chi connectivity index (χ2v) is 3.79. The standard InChI is InChI=1S/C7H14IN/c1-6-3-7(4-6)9(2)5-8/h6-7H,3-5H2,1-2H3. The lowest BCUT2D eigenvalue weighted by atomic mass is 9.81. The first-order valence-corrected chi connectivity index (χ1v) is 5.02. The molecule has 1 aliphatic carbocycles. The van der Waals surface area contributed by atoms with E-state index in [-0.39, 0.29) is 0 Å². The fourth-order valence-electron chi connectivity index (χ4n) is 1.32. The summed E-state index contributed by atoms with van der Waals surface area (Å²) in [4.78, 5) is 2.43. The quantitative estimate of drug-likeness (QED) is 0.405. The minimum absolute atomic E-state index is 0.900. The van der Waals surface area contributed by atoms with Gasteiger partial charge in [-0.3, -0.25) is 4.90 Å². The molecule has 2 heteroatoms. The van der Waals surface area contributed by atoms with Gasteiger partial charge in [0.2, 0.25) is 0 Å². The van der Waals surface area contributed by atoms with Gasteiger partial charge in [-0.1, -0.05) is 29.5 Å². The fourth-order valence-corrected chi connectivity index (χ4v) is 1.87. The smallest absolute Gasteiger partial charge is 0.0505 e. The zero-order valence-corrected chi connectivity index (χ0v) is 8.26. The molecule has 9 heavy (non-hydrogen) atoms. The Morgan fingerprint density at radius 2 is 2.11 bits per heavy atom. The average molecular weight is 239 g/mol. The maximum Gasteiger partial charge on any atom is 0.0505 e. The van der Waals surface area contributed by atoms with Crippen molar-refractivity contribution in [1.29, 1.82) is 0 Å². The van der Waals surface area contributed by atoms with Crippen LogP contribution in [0, 0.1) is 5.92 Å². The van der Waals surface area contributed by atoms with E-state index < -0.39 is 0 Å². The number of halogens is 1. The first-order valence-electron chi connectivity index (χ1n) is 3.50. The van der Waals surface area contributed by atoms with Crippen LogP contribution in [0.1, 0.15) is 19.8 Å². The van der Waals surface area contributed by atoms with E-state index in [1.165, 1.54) is 17.4 Å². The highest BCUT2D eigenvalue weighted by atomic mass is 127. The van der Waals surface area contributed by atoms with Gasteiger partial charge in [0, 0.05) is 6.04 Å². The number of hydrogen-bond acceptors (Lipinski definition) is 1. The van der Waals surface area contributed by atoms with Crippen LogP contribution in [0.25, 0.3) is 0 Å². The molecule has 0 unspecified atom stereocenters. The van der Waals surface area contributed by atoms with E-state index in [1.54, 1.807) is 0 Å². The molecule has 1 saturated carbocycles. The van der Waals surface area contributed by atoms with Crippen molar-refractivity contribution in [3.8, 4) is 0 Å². The van der Waals surface area contributed by atoms with Gasteiger partial charge in [0.1, 0.15) is 0 Å². The van der Waals surface area contributed by atoms with Crippen molar-refractivity contribution in [2.45, 2.75) is 25.8 Å². The predicted octanol–water partition coefficient (Wildman–Crippen LogP) is 2.11. The maximum absolute atomic E-state index is 2.43. The summed E-state index contributed by atoms with van der Waals surface area (Å²) < 4.78 is 1.18. The largest absolute Gasteiger partial charge is 0.294 e. The molecule has 0 amide bonds. The molecule has 0 atom stereocenters. The van der Waals surface area contributed by atoms with Gasteiger partial charge in [-0.05, 0) is 25.8 Å². The fraction of sp³-hybridized carbons (Fsp3) is 1.00. The Balaban J connectivity index is 2.15. The van der Waals surface area contributed by atoms with Gasteiger partial charge in [-0.15, -0.1) is 0 Å². The van der Waals surface area contributed by atoms with Crippen LogP contribution >= 0.6 is 22.6 Å². The van der Waals surface area contributed by atoms with E-state index in [4.69, 9.17) is 0 Å². The third-order valence-corrected chi connectivity index (χ3v) is 3.24. The molecule has 0 N–H and O–H groups in total. The summed E-state index contributed by atoms with van der Waals surface area (Å²) >= 11 is 2.42. The van der Waals surface area contributed by atoms with E-state index >= 15 is 0 Å². The van der Waals surface area contributed by atoms with Gasteiger partial charge in [-0.2, -0.15) is 0 Å². The third kappa shape index (κ3) is 1.80. The van der Waals surface area contributed by atoms with Crippen LogP contribution < -0.4 is 0 Å².